The summed E-state index contributed by atoms with van der Waals surface area (Å²) >= 11 is 0. The maximum absolute atomic E-state index is 5.31. The lowest BCUT2D eigenvalue weighted by atomic mass is 10.3. The summed E-state index contributed by atoms with van der Waals surface area (Å²) in [6, 6.07) is 0. The van der Waals surface area contributed by atoms with E-state index in [2.05, 4.69) is 18.4 Å². The predicted molar refractivity (Wildman–Crippen MR) is 56.8 cm³/mol. The predicted octanol–water partition coefficient (Wildman–Crippen LogP) is 0.860. The Morgan fingerprint density at radius 3 is 2.62 bits per heavy atom. The van der Waals surface area contributed by atoms with Crippen molar-refractivity contribution in [3.05, 3.63) is 12.2 Å². The molecule has 13 heavy (non-hydrogen) atoms. The van der Waals surface area contributed by atoms with Crippen molar-refractivity contribution < 1.29 is 4.74 Å². The molecule has 0 heterocycles. The Morgan fingerprint density at radius 1 is 1.46 bits per heavy atom. The van der Waals surface area contributed by atoms with Crippen molar-refractivity contribution >= 4 is 0 Å². The minimum Gasteiger partial charge on any atom is -0.379 e. The topological polar surface area (TPSA) is 38.5 Å². The maximum atomic E-state index is 5.31. The monoisotopic (exact) mass is 186 g/mol. The molecule has 0 aromatic rings. The van der Waals surface area contributed by atoms with Gasteiger partial charge >= 0.3 is 0 Å². The third-order valence-corrected chi connectivity index (χ3v) is 1.75. The average Bonchev–Trinajstić information content (AvgIpc) is 2.09. The molecular formula is C10H22N2O. The van der Waals surface area contributed by atoms with Gasteiger partial charge in [0.2, 0.25) is 0 Å². The molecule has 0 aliphatic carbocycles. The first-order valence-corrected chi connectivity index (χ1v) is 4.85. The zero-order valence-corrected chi connectivity index (χ0v) is 8.88. The van der Waals surface area contributed by atoms with Gasteiger partial charge in [0.25, 0.3) is 0 Å². The van der Waals surface area contributed by atoms with Crippen LogP contribution in [-0.2, 0) is 4.74 Å². The van der Waals surface area contributed by atoms with Crippen LogP contribution < -0.4 is 5.73 Å². The van der Waals surface area contributed by atoms with E-state index >= 15 is 0 Å². The Kier molecular flexibility index (Phi) is 7.99. The molecule has 3 heteroatoms. The van der Waals surface area contributed by atoms with Gasteiger partial charge in [0.1, 0.15) is 0 Å². The Labute approximate surface area is 81.5 Å². The molecule has 2 N–H and O–H groups in total. The minimum atomic E-state index is 0.604. The molecular weight excluding hydrogens is 164 g/mol. The molecule has 0 saturated carbocycles. The fraction of sp³-hybridized carbons (Fsp3) is 0.800. The standard InChI is InChI=1S/C10H22N2O/c1-4-12(9-10(2)3)6-8-13-7-5-11/h2,4-9,11H2,1,3H3. The highest BCUT2D eigenvalue weighted by Crippen LogP contribution is 1.94. The summed E-state index contributed by atoms with van der Waals surface area (Å²) < 4.78 is 5.30. The highest BCUT2D eigenvalue weighted by Gasteiger charge is 2.00. The lowest BCUT2D eigenvalue weighted by Gasteiger charge is -2.19. The van der Waals surface area contributed by atoms with Crippen LogP contribution in [-0.4, -0.2) is 44.3 Å². The molecule has 0 saturated heterocycles. The molecule has 0 rings (SSSR count). The molecule has 0 aliphatic rings. The van der Waals surface area contributed by atoms with Crippen molar-refractivity contribution in [1.82, 2.24) is 4.90 Å². The van der Waals surface area contributed by atoms with Gasteiger partial charge in [-0.05, 0) is 13.5 Å². The first-order chi connectivity index (χ1) is 6.20. The lowest BCUT2D eigenvalue weighted by molar-refractivity contribution is 0.114. The average molecular weight is 186 g/mol. The first-order valence-electron chi connectivity index (χ1n) is 4.85. The molecule has 3 nitrogen and oxygen atoms in total. The zero-order valence-electron chi connectivity index (χ0n) is 8.88. The quantitative estimate of drug-likeness (QED) is 0.451. The van der Waals surface area contributed by atoms with E-state index < -0.39 is 0 Å². The number of hydrogen-bond acceptors (Lipinski definition) is 3. The molecule has 0 amide bonds. The minimum absolute atomic E-state index is 0.604. The molecule has 0 aliphatic heterocycles. The summed E-state index contributed by atoms with van der Waals surface area (Å²) in [5.74, 6) is 0. The van der Waals surface area contributed by atoms with Crippen LogP contribution in [0, 0.1) is 0 Å². The third kappa shape index (κ3) is 7.96. The van der Waals surface area contributed by atoms with Crippen molar-refractivity contribution in [3.8, 4) is 0 Å². The Bertz CT molecular complexity index is 137. The molecule has 0 bridgehead atoms. The summed E-state index contributed by atoms with van der Waals surface area (Å²) in [6.45, 7) is 13.1. The molecule has 0 spiro atoms. The highest BCUT2D eigenvalue weighted by atomic mass is 16.5. The van der Waals surface area contributed by atoms with Gasteiger partial charge in [-0.3, -0.25) is 4.90 Å². The van der Waals surface area contributed by atoms with Crippen LogP contribution in [0.2, 0.25) is 0 Å². The van der Waals surface area contributed by atoms with E-state index in [1.54, 1.807) is 0 Å². The molecule has 78 valence electrons. The van der Waals surface area contributed by atoms with E-state index in [0.717, 1.165) is 26.2 Å². The van der Waals surface area contributed by atoms with Crippen molar-refractivity contribution in [1.29, 1.82) is 0 Å². The van der Waals surface area contributed by atoms with Crippen LogP contribution in [0.3, 0.4) is 0 Å². The third-order valence-electron chi connectivity index (χ3n) is 1.75. The largest absolute Gasteiger partial charge is 0.379 e. The van der Waals surface area contributed by atoms with Crippen molar-refractivity contribution in [2.24, 2.45) is 5.73 Å². The van der Waals surface area contributed by atoms with E-state index in [1.807, 2.05) is 6.92 Å². The summed E-state index contributed by atoms with van der Waals surface area (Å²) in [5, 5.41) is 0. The van der Waals surface area contributed by atoms with E-state index in [0.29, 0.717) is 13.2 Å². The summed E-state index contributed by atoms with van der Waals surface area (Å²) in [6.07, 6.45) is 0. The molecule has 0 radical (unpaired) electrons. The SMILES string of the molecule is C=C(C)CN(CC)CCOCCN. The summed E-state index contributed by atoms with van der Waals surface area (Å²) in [5.41, 5.74) is 6.50. The smallest absolute Gasteiger partial charge is 0.0594 e. The van der Waals surface area contributed by atoms with Gasteiger partial charge in [0.15, 0.2) is 0 Å². The van der Waals surface area contributed by atoms with E-state index in [1.165, 1.54) is 5.57 Å². The van der Waals surface area contributed by atoms with Crippen molar-refractivity contribution in [3.63, 3.8) is 0 Å². The number of nitrogens with zero attached hydrogens (tertiary/aromatic N) is 1. The second kappa shape index (κ2) is 8.23. The zero-order chi connectivity index (χ0) is 10.1. The van der Waals surface area contributed by atoms with E-state index in [-0.39, 0.29) is 0 Å². The van der Waals surface area contributed by atoms with Crippen LogP contribution in [0.5, 0.6) is 0 Å². The second-order valence-electron chi connectivity index (χ2n) is 3.23. The highest BCUT2D eigenvalue weighted by molar-refractivity contribution is 4.91. The number of hydrogen-bond donors (Lipinski definition) is 1. The molecule has 0 aromatic carbocycles. The first kappa shape index (κ1) is 12.6. The molecule has 0 atom stereocenters. The summed E-state index contributed by atoms with van der Waals surface area (Å²) in [4.78, 5) is 2.30. The van der Waals surface area contributed by atoms with Gasteiger partial charge in [-0.1, -0.05) is 19.1 Å². The van der Waals surface area contributed by atoms with Crippen LogP contribution >= 0.6 is 0 Å². The lowest BCUT2D eigenvalue weighted by Crippen LogP contribution is -2.29. The Hall–Kier alpha value is -0.380. The van der Waals surface area contributed by atoms with E-state index in [9.17, 15) is 0 Å². The number of rotatable bonds is 8. The van der Waals surface area contributed by atoms with E-state index in [4.69, 9.17) is 10.5 Å². The van der Waals surface area contributed by atoms with Gasteiger partial charge in [-0.2, -0.15) is 0 Å². The fourth-order valence-corrected chi connectivity index (χ4v) is 1.11. The maximum Gasteiger partial charge on any atom is 0.0594 e. The van der Waals surface area contributed by atoms with Crippen LogP contribution in [0.1, 0.15) is 13.8 Å². The fourth-order valence-electron chi connectivity index (χ4n) is 1.11. The van der Waals surface area contributed by atoms with Crippen molar-refractivity contribution in [2.45, 2.75) is 13.8 Å². The van der Waals surface area contributed by atoms with Crippen LogP contribution in [0.25, 0.3) is 0 Å². The van der Waals surface area contributed by atoms with Gasteiger partial charge in [0, 0.05) is 19.6 Å². The van der Waals surface area contributed by atoms with Crippen LogP contribution in [0.4, 0.5) is 0 Å². The Balaban J connectivity index is 3.42. The molecule has 0 unspecified atom stereocenters. The number of ether oxygens (including phenoxy) is 1. The Morgan fingerprint density at radius 2 is 2.15 bits per heavy atom. The van der Waals surface area contributed by atoms with Gasteiger partial charge in [-0.15, -0.1) is 0 Å². The number of likely N-dealkylation sites (N-methyl/N-ethyl adjacent to an activating group) is 1. The second-order valence-corrected chi connectivity index (χ2v) is 3.23. The molecule has 0 aromatic heterocycles. The normalized spacial score (nSPS) is 10.8. The molecule has 0 fully saturated rings. The number of nitrogens with two attached hydrogens (primary N) is 1. The van der Waals surface area contributed by atoms with Crippen LogP contribution in [0.15, 0.2) is 12.2 Å². The van der Waals surface area contributed by atoms with Gasteiger partial charge in [-0.25, -0.2) is 0 Å². The van der Waals surface area contributed by atoms with Gasteiger partial charge in [0.05, 0.1) is 13.2 Å². The van der Waals surface area contributed by atoms with Gasteiger partial charge < -0.3 is 10.5 Å². The summed E-state index contributed by atoms with van der Waals surface area (Å²) in [7, 11) is 0. The van der Waals surface area contributed by atoms with Crippen molar-refractivity contribution in [2.75, 3.05) is 39.4 Å².